The number of ether oxygens (including phenoxy) is 4. The van der Waals surface area contributed by atoms with Crippen molar-refractivity contribution in [3.63, 3.8) is 0 Å². The average molecular weight is 711 g/mol. The monoisotopic (exact) mass is 710 g/mol. The topological polar surface area (TPSA) is 132 Å². The summed E-state index contributed by atoms with van der Waals surface area (Å²) < 4.78 is 24.1. The van der Waals surface area contributed by atoms with Gasteiger partial charge in [0.2, 0.25) is 0 Å². The second-order valence-corrected chi connectivity index (χ2v) is 15.2. The molecule has 2 fully saturated rings. The van der Waals surface area contributed by atoms with Gasteiger partial charge in [-0.15, -0.1) is 0 Å². The molecular weight excluding hydrogens is 648 g/mol. The van der Waals surface area contributed by atoms with E-state index in [-0.39, 0.29) is 43.9 Å². The Bertz CT molecular complexity index is 1320. The average Bonchev–Trinajstić information content (AvgIpc) is 3.07. The lowest BCUT2D eigenvalue weighted by atomic mass is 9.73. The van der Waals surface area contributed by atoms with Crippen LogP contribution in [0.2, 0.25) is 0 Å². The summed E-state index contributed by atoms with van der Waals surface area (Å²) in [6, 6.07) is 0. The van der Waals surface area contributed by atoms with Crippen LogP contribution in [0.3, 0.4) is 0 Å². The number of aliphatic hydroxyl groups excluding tert-OH is 3. The number of hydrogen-bond acceptors (Lipinski definition) is 9. The Kier molecular flexibility index (Phi) is 17.3. The Labute approximate surface area is 305 Å². The number of fused-ring (bicyclic) bond motifs is 4. The summed E-state index contributed by atoms with van der Waals surface area (Å²) in [5.74, 6) is -0.100. The molecule has 0 aromatic rings. The molecule has 3 heterocycles. The Hall–Kier alpha value is -3.08. The first-order valence-corrected chi connectivity index (χ1v) is 18.6. The van der Waals surface area contributed by atoms with Gasteiger partial charge in [-0.25, -0.2) is 9.59 Å². The van der Waals surface area contributed by atoms with Crippen molar-refractivity contribution in [3.8, 4) is 0 Å². The van der Waals surface area contributed by atoms with Crippen molar-refractivity contribution >= 4 is 11.9 Å². The van der Waals surface area contributed by atoms with Gasteiger partial charge >= 0.3 is 11.9 Å². The molecule has 9 heteroatoms. The third kappa shape index (κ3) is 13.4. The van der Waals surface area contributed by atoms with Crippen LogP contribution in [-0.2, 0) is 28.5 Å². The number of carbonyl (C=O) groups excluding carboxylic acids is 2. The van der Waals surface area contributed by atoms with Crippen LogP contribution in [0.15, 0.2) is 84.6 Å². The fraction of sp³-hybridized carbons (Fsp3) is 0.619. The molecule has 2 saturated heterocycles. The maximum Gasteiger partial charge on any atom is 0.335 e. The van der Waals surface area contributed by atoms with Crippen LogP contribution in [0.25, 0.3) is 0 Å². The first-order valence-electron chi connectivity index (χ1n) is 18.6. The van der Waals surface area contributed by atoms with Gasteiger partial charge in [-0.2, -0.15) is 0 Å². The summed E-state index contributed by atoms with van der Waals surface area (Å²) in [6.07, 6.45) is 20.9. The van der Waals surface area contributed by atoms with Gasteiger partial charge in [0, 0.05) is 18.9 Å². The predicted molar refractivity (Wildman–Crippen MR) is 199 cm³/mol. The highest BCUT2D eigenvalue weighted by atomic mass is 16.6. The molecule has 0 aromatic carbocycles. The van der Waals surface area contributed by atoms with Crippen molar-refractivity contribution in [2.45, 2.75) is 129 Å². The Morgan fingerprint density at radius 2 is 1.84 bits per heavy atom. The second kappa shape index (κ2) is 20.8. The molecule has 3 rings (SSSR count). The SMILES string of the molecule is C=C(COC(=O)C(O)C/C=C\CC1OC2/C=C/C/C=C/C(C)=C\C3OC(C/C=C/C=C/C(=O)OC(C2)C1(C)CO)CC(C)C3C)C(O)CC(C)C. The summed E-state index contributed by atoms with van der Waals surface area (Å²) in [6.45, 7) is 15.8. The molecule has 10 unspecified atom stereocenters. The molecule has 0 aliphatic carbocycles. The molecule has 284 valence electrons. The van der Waals surface area contributed by atoms with E-state index in [2.05, 4.69) is 45.6 Å². The zero-order valence-corrected chi connectivity index (χ0v) is 31.5. The number of hydrogen-bond donors (Lipinski definition) is 3. The lowest BCUT2D eigenvalue weighted by molar-refractivity contribution is -0.198. The molecule has 10 atom stereocenters. The highest BCUT2D eigenvalue weighted by Gasteiger charge is 2.49. The number of allylic oxidation sites excluding steroid dienone is 6. The number of esters is 2. The Morgan fingerprint density at radius 1 is 1.08 bits per heavy atom. The van der Waals surface area contributed by atoms with E-state index in [1.807, 2.05) is 45.1 Å². The van der Waals surface area contributed by atoms with Crippen molar-refractivity contribution in [1.29, 1.82) is 0 Å². The third-order valence-corrected chi connectivity index (χ3v) is 10.3. The number of aliphatic hydroxyl groups is 3. The quantitative estimate of drug-likeness (QED) is 0.159. The van der Waals surface area contributed by atoms with E-state index in [1.54, 1.807) is 18.2 Å². The van der Waals surface area contributed by atoms with Crippen LogP contribution >= 0.6 is 0 Å². The Balaban J connectivity index is 1.71. The van der Waals surface area contributed by atoms with Crippen LogP contribution in [0, 0.1) is 23.2 Å². The zero-order valence-electron chi connectivity index (χ0n) is 31.5. The molecule has 0 radical (unpaired) electrons. The summed E-state index contributed by atoms with van der Waals surface area (Å²) in [5.41, 5.74) is 0.620. The zero-order chi connectivity index (χ0) is 37.6. The molecular formula is C42H62O9. The molecule has 0 saturated carbocycles. The summed E-state index contributed by atoms with van der Waals surface area (Å²) in [7, 11) is 0. The van der Waals surface area contributed by atoms with Gasteiger partial charge in [-0.3, -0.25) is 0 Å². The van der Waals surface area contributed by atoms with Gasteiger partial charge in [0.05, 0.1) is 42.5 Å². The molecule has 4 bridgehead atoms. The standard InChI is InChI=1S/C42H62O9/c1-28(2)22-36(45)31(5)26-48-41(47)35(44)19-14-15-20-38-42(7,27-43)39-25-34(50-38)18-11-8-10-16-29(3)23-37-32(6)30(4)24-33(49-37)17-12-9-13-21-40(46)51-39/h9-16,18,21,23,28,30,32-39,43-45H,5,8,17,19-20,22,24-27H2,1-4,6-7H3/b12-9+,15-14-,16-10+,18-11+,21-13+,29-23-. The smallest absolute Gasteiger partial charge is 0.335 e. The van der Waals surface area contributed by atoms with E-state index in [9.17, 15) is 24.9 Å². The van der Waals surface area contributed by atoms with Gasteiger partial charge in [0.25, 0.3) is 0 Å². The fourth-order valence-corrected chi connectivity index (χ4v) is 6.65. The van der Waals surface area contributed by atoms with E-state index in [1.165, 1.54) is 6.08 Å². The van der Waals surface area contributed by atoms with E-state index in [0.29, 0.717) is 43.1 Å². The van der Waals surface area contributed by atoms with Crippen molar-refractivity contribution in [2.24, 2.45) is 23.2 Å². The summed E-state index contributed by atoms with van der Waals surface area (Å²) in [4.78, 5) is 25.4. The van der Waals surface area contributed by atoms with E-state index < -0.39 is 41.8 Å². The van der Waals surface area contributed by atoms with Crippen molar-refractivity contribution < 1.29 is 43.9 Å². The maximum atomic E-state index is 13.0. The first kappa shape index (κ1) is 42.3. The van der Waals surface area contributed by atoms with E-state index >= 15 is 0 Å². The minimum absolute atomic E-state index is 0.00816. The van der Waals surface area contributed by atoms with Crippen molar-refractivity contribution in [1.82, 2.24) is 0 Å². The highest BCUT2D eigenvalue weighted by Crippen LogP contribution is 2.41. The van der Waals surface area contributed by atoms with Crippen LogP contribution < -0.4 is 0 Å². The van der Waals surface area contributed by atoms with Crippen molar-refractivity contribution in [3.05, 3.63) is 84.6 Å². The lowest BCUT2D eigenvalue weighted by Crippen LogP contribution is -2.55. The summed E-state index contributed by atoms with van der Waals surface area (Å²) >= 11 is 0. The minimum atomic E-state index is -1.39. The maximum absolute atomic E-state index is 13.0. The minimum Gasteiger partial charge on any atom is -0.459 e. The predicted octanol–water partition coefficient (Wildman–Crippen LogP) is 6.65. The van der Waals surface area contributed by atoms with E-state index in [4.69, 9.17) is 18.9 Å². The van der Waals surface area contributed by atoms with Gasteiger partial charge in [-0.1, -0.05) is 108 Å². The molecule has 0 amide bonds. The lowest BCUT2D eigenvalue weighted by Gasteiger charge is -2.47. The second-order valence-electron chi connectivity index (χ2n) is 15.2. The van der Waals surface area contributed by atoms with Gasteiger partial charge < -0.3 is 34.3 Å². The molecule has 3 aliphatic heterocycles. The summed E-state index contributed by atoms with van der Waals surface area (Å²) in [5, 5.41) is 31.1. The molecule has 0 spiro atoms. The highest BCUT2D eigenvalue weighted by molar-refractivity contribution is 5.82. The molecule has 51 heavy (non-hydrogen) atoms. The van der Waals surface area contributed by atoms with Crippen LogP contribution in [-0.4, -0.2) is 83.2 Å². The molecule has 9 nitrogen and oxygen atoms in total. The first-order chi connectivity index (χ1) is 24.2. The number of rotatable bonds is 11. The fourth-order valence-electron chi connectivity index (χ4n) is 6.65. The third-order valence-electron chi connectivity index (χ3n) is 10.3. The molecule has 0 aromatic heterocycles. The number of carbonyl (C=O) groups is 2. The van der Waals surface area contributed by atoms with E-state index in [0.717, 1.165) is 18.4 Å². The van der Waals surface area contributed by atoms with Crippen LogP contribution in [0.1, 0.15) is 86.5 Å². The van der Waals surface area contributed by atoms with Gasteiger partial charge in [0.1, 0.15) is 12.7 Å². The molecule has 3 aliphatic rings. The Morgan fingerprint density at radius 3 is 2.57 bits per heavy atom. The van der Waals surface area contributed by atoms with Gasteiger partial charge in [0.15, 0.2) is 6.10 Å². The van der Waals surface area contributed by atoms with Crippen LogP contribution in [0.5, 0.6) is 0 Å². The normalized spacial score (nSPS) is 35.5. The molecule has 3 N–H and O–H groups in total. The van der Waals surface area contributed by atoms with Gasteiger partial charge in [-0.05, 0) is 62.4 Å². The van der Waals surface area contributed by atoms with Crippen LogP contribution in [0.4, 0.5) is 0 Å². The van der Waals surface area contributed by atoms with Crippen molar-refractivity contribution in [2.75, 3.05) is 13.2 Å². The largest absolute Gasteiger partial charge is 0.459 e.